The van der Waals surface area contributed by atoms with Crippen LogP contribution in [0.2, 0.25) is 0 Å². The molecule has 1 aliphatic carbocycles. The van der Waals surface area contributed by atoms with Gasteiger partial charge in [-0.3, -0.25) is 20.4 Å². The molecule has 26 heavy (non-hydrogen) atoms. The van der Waals surface area contributed by atoms with Gasteiger partial charge >= 0.3 is 0 Å². The Hall–Kier alpha value is -2.50. The Kier molecular flexibility index (Phi) is 7.99. The quantitative estimate of drug-likeness (QED) is 0.578. The van der Waals surface area contributed by atoms with Gasteiger partial charge in [0.25, 0.3) is 5.91 Å². The summed E-state index contributed by atoms with van der Waals surface area (Å²) in [5, 5.41) is 0. The van der Waals surface area contributed by atoms with Crippen molar-refractivity contribution in [1.29, 1.82) is 0 Å². The lowest BCUT2D eigenvalue weighted by Gasteiger charge is -2.20. The van der Waals surface area contributed by atoms with Gasteiger partial charge in [0.15, 0.2) is 11.5 Å². The van der Waals surface area contributed by atoms with Crippen LogP contribution in [0.15, 0.2) is 24.3 Å². The molecule has 1 saturated carbocycles. The summed E-state index contributed by atoms with van der Waals surface area (Å²) in [5.41, 5.74) is 5.75. The number of hydrogen-bond acceptors (Lipinski definition) is 4. The number of ether oxygens (including phenoxy) is 2. The van der Waals surface area contributed by atoms with Crippen molar-refractivity contribution < 1.29 is 19.1 Å². The van der Waals surface area contributed by atoms with Crippen LogP contribution in [-0.2, 0) is 9.59 Å². The summed E-state index contributed by atoms with van der Waals surface area (Å²) in [4.78, 5) is 23.9. The molecule has 6 heteroatoms. The third-order valence-electron chi connectivity index (χ3n) is 4.36. The fourth-order valence-electron chi connectivity index (χ4n) is 2.92. The van der Waals surface area contributed by atoms with E-state index in [-0.39, 0.29) is 17.7 Å². The zero-order valence-electron chi connectivity index (χ0n) is 15.5. The number of hydrazine groups is 1. The fourth-order valence-corrected chi connectivity index (χ4v) is 2.92. The highest BCUT2D eigenvalue weighted by molar-refractivity contribution is 5.93. The average Bonchev–Trinajstić information content (AvgIpc) is 2.69. The van der Waals surface area contributed by atoms with Gasteiger partial charge < -0.3 is 9.47 Å². The van der Waals surface area contributed by atoms with Crippen molar-refractivity contribution in [2.45, 2.75) is 45.4 Å². The summed E-state index contributed by atoms with van der Waals surface area (Å²) in [6.45, 7) is 2.66. The van der Waals surface area contributed by atoms with Gasteiger partial charge in [-0.25, -0.2) is 0 Å². The minimum Gasteiger partial charge on any atom is -0.493 e. The predicted molar refractivity (Wildman–Crippen MR) is 101 cm³/mol. The van der Waals surface area contributed by atoms with Crippen LogP contribution in [0.4, 0.5) is 0 Å². The lowest BCUT2D eigenvalue weighted by molar-refractivity contribution is -0.130. The fraction of sp³-hybridized carbons (Fsp3) is 0.500. The Balaban J connectivity index is 1.85. The van der Waals surface area contributed by atoms with Gasteiger partial charge in [-0.05, 0) is 43.0 Å². The Morgan fingerprint density at radius 1 is 1.15 bits per heavy atom. The van der Waals surface area contributed by atoms with Crippen LogP contribution in [0.1, 0.15) is 51.0 Å². The number of hydrogen-bond donors (Lipinski definition) is 2. The van der Waals surface area contributed by atoms with Crippen molar-refractivity contribution in [3.05, 3.63) is 29.8 Å². The van der Waals surface area contributed by atoms with E-state index in [0.29, 0.717) is 18.1 Å². The lowest BCUT2D eigenvalue weighted by atomic mass is 9.89. The summed E-state index contributed by atoms with van der Waals surface area (Å²) in [6.07, 6.45) is 9.07. The summed E-state index contributed by atoms with van der Waals surface area (Å²) in [7, 11) is 1.58. The van der Waals surface area contributed by atoms with Crippen LogP contribution in [-0.4, -0.2) is 25.5 Å². The molecule has 2 rings (SSSR count). The van der Waals surface area contributed by atoms with E-state index in [4.69, 9.17) is 9.47 Å². The zero-order chi connectivity index (χ0) is 18.8. The number of benzene rings is 1. The van der Waals surface area contributed by atoms with E-state index in [0.717, 1.165) is 37.7 Å². The molecule has 0 aliphatic heterocycles. The molecule has 0 unspecified atom stereocenters. The first-order valence-corrected chi connectivity index (χ1v) is 9.22. The maximum absolute atomic E-state index is 12.0. The minimum atomic E-state index is -0.376. The lowest BCUT2D eigenvalue weighted by Crippen LogP contribution is -2.44. The highest BCUT2D eigenvalue weighted by atomic mass is 16.5. The van der Waals surface area contributed by atoms with Gasteiger partial charge in [0.2, 0.25) is 5.91 Å². The molecule has 0 atom stereocenters. The molecule has 0 spiro atoms. The van der Waals surface area contributed by atoms with Crippen molar-refractivity contribution in [1.82, 2.24) is 10.9 Å². The smallest absolute Gasteiger partial charge is 0.262 e. The van der Waals surface area contributed by atoms with Crippen molar-refractivity contribution in [3.8, 4) is 11.5 Å². The second-order valence-electron chi connectivity index (χ2n) is 6.41. The average molecular weight is 360 g/mol. The summed E-state index contributed by atoms with van der Waals surface area (Å²) < 4.78 is 10.9. The van der Waals surface area contributed by atoms with E-state index in [9.17, 15) is 9.59 Å². The van der Waals surface area contributed by atoms with E-state index in [1.165, 1.54) is 12.5 Å². The van der Waals surface area contributed by atoms with Gasteiger partial charge in [-0.2, -0.15) is 0 Å². The van der Waals surface area contributed by atoms with Crippen LogP contribution in [0, 0.1) is 5.92 Å². The van der Waals surface area contributed by atoms with E-state index in [1.807, 2.05) is 19.1 Å². The molecule has 1 aromatic carbocycles. The maximum atomic E-state index is 12.0. The summed E-state index contributed by atoms with van der Waals surface area (Å²) in [5.74, 6) is 0.820. The third-order valence-corrected chi connectivity index (χ3v) is 4.36. The van der Waals surface area contributed by atoms with Crippen LogP contribution < -0.4 is 20.3 Å². The van der Waals surface area contributed by atoms with Gasteiger partial charge in [0.1, 0.15) is 0 Å². The van der Waals surface area contributed by atoms with Gasteiger partial charge in [0, 0.05) is 12.0 Å². The molecule has 2 N–H and O–H groups in total. The predicted octanol–water partition coefficient (Wildman–Crippen LogP) is 3.22. The van der Waals surface area contributed by atoms with Crippen LogP contribution >= 0.6 is 0 Å². The molecule has 1 aromatic rings. The Bertz CT molecular complexity index is 637. The first kappa shape index (κ1) is 19.8. The highest BCUT2D eigenvalue weighted by Crippen LogP contribution is 2.28. The molecule has 6 nitrogen and oxygen atoms in total. The second-order valence-corrected chi connectivity index (χ2v) is 6.41. The molecule has 0 heterocycles. The molecular weight excluding hydrogens is 332 g/mol. The standard InChI is InChI=1S/C20H28N2O4/c1-3-13-26-17-11-9-15(14-18(17)25-2)10-12-19(23)21-22-20(24)16-7-5-4-6-8-16/h9-12,14,16H,3-8,13H2,1-2H3,(H,21,23)(H,22,24)/b12-10+. The summed E-state index contributed by atoms with van der Waals surface area (Å²) in [6, 6.07) is 5.46. The van der Waals surface area contributed by atoms with E-state index < -0.39 is 0 Å². The Morgan fingerprint density at radius 2 is 1.92 bits per heavy atom. The minimum absolute atomic E-state index is 0.00737. The topological polar surface area (TPSA) is 76.7 Å². The maximum Gasteiger partial charge on any atom is 0.262 e. The number of nitrogens with one attached hydrogen (secondary N) is 2. The Morgan fingerprint density at radius 3 is 2.62 bits per heavy atom. The SMILES string of the molecule is CCCOc1ccc(/C=C/C(=O)NNC(=O)C2CCCCC2)cc1OC. The molecule has 142 valence electrons. The van der Waals surface area contributed by atoms with E-state index in [1.54, 1.807) is 19.3 Å². The van der Waals surface area contributed by atoms with Crippen LogP contribution in [0.5, 0.6) is 11.5 Å². The molecule has 1 fully saturated rings. The normalized spacial score (nSPS) is 14.8. The van der Waals surface area contributed by atoms with Crippen molar-refractivity contribution in [3.63, 3.8) is 0 Å². The molecule has 0 saturated heterocycles. The second kappa shape index (κ2) is 10.5. The van der Waals surface area contributed by atoms with Crippen molar-refractivity contribution in [2.24, 2.45) is 5.92 Å². The number of rotatable bonds is 7. The van der Waals surface area contributed by atoms with Crippen LogP contribution in [0.25, 0.3) is 6.08 Å². The number of amides is 2. The van der Waals surface area contributed by atoms with E-state index in [2.05, 4.69) is 10.9 Å². The molecule has 1 aliphatic rings. The summed E-state index contributed by atoms with van der Waals surface area (Å²) >= 11 is 0. The van der Waals surface area contributed by atoms with Crippen molar-refractivity contribution >= 4 is 17.9 Å². The molecule has 0 radical (unpaired) electrons. The molecule has 0 bridgehead atoms. The Labute approximate surface area is 154 Å². The van der Waals surface area contributed by atoms with Gasteiger partial charge in [0.05, 0.1) is 13.7 Å². The van der Waals surface area contributed by atoms with Crippen molar-refractivity contribution in [2.75, 3.05) is 13.7 Å². The molecule has 2 amide bonds. The van der Waals surface area contributed by atoms with Crippen LogP contribution in [0.3, 0.4) is 0 Å². The number of carbonyl (C=O) groups excluding carboxylic acids is 2. The monoisotopic (exact) mass is 360 g/mol. The highest BCUT2D eigenvalue weighted by Gasteiger charge is 2.20. The van der Waals surface area contributed by atoms with Gasteiger partial charge in [-0.15, -0.1) is 0 Å². The van der Waals surface area contributed by atoms with E-state index >= 15 is 0 Å². The first-order chi connectivity index (χ1) is 12.6. The molecular formula is C20H28N2O4. The number of carbonyl (C=O) groups is 2. The van der Waals surface area contributed by atoms with Gasteiger partial charge in [-0.1, -0.05) is 32.3 Å². The zero-order valence-corrected chi connectivity index (χ0v) is 15.5. The number of methoxy groups -OCH3 is 1. The third kappa shape index (κ3) is 6.10. The largest absolute Gasteiger partial charge is 0.493 e. The molecule has 0 aromatic heterocycles. The first-order valence-electron chi connectivity index (χ1n) is 9.22.